The summed E-state index contributed by atoms with van der Waals surface area (Å²) in [6.07, 6.45) is 3.69. The van der Waals surface area contributed by atoms with Crippen molar-refractivity contribution in [1.82, 2.24) is 0 Å². The zero-order chi connectivity index (χ0) is 15.4. The Kier molecular flexibility index (Phi) is 10.5. The summed E-state index contributed by atoms with van der Waals surface area (Å²) < 4.78 is 12.9. The monoisotopic (exact) mass is 283 g/mol. The molecule has 0 radical (unpaired) electrons. The molecule has 0 heterocycles. The lowest BCUT2D eigenvalue weighted by atomic mass is 9.83. The van der Waals surface area contributed by atoms with Gasteiger partial charge in [0.25, 0.3) is 0 Å². The first-order valence-corrected chi connectivity index (χ1v) is 6.35. The molecular formula is C13H19BFNO4. The van der Waals surface area contributed by atoms with Crippen LogP contribution in [0.25, 0.3) is 0 Å². The first-order chi connectivity index (χ1) is 9.49. The Morgan fingerprint density at radius 3 is 2.50 bits per heavy atom. The molecule has 1 rings (SSSR count). The predicted octanol–water partition coefficient (Wildman–Crippen LogP) is 0.755. The molecule has 0 aromatic heterocycles. The van der Waals surface area contributed by atoms with Crippen LogP contribution in [-0.4, -0.2) is 29.4 Å². The van der Waals surface area contributed by atoms with Crippen molar-refractivity contribution in [3.63, 3.8) is 0 Å². The molecule has 7 heteroatoms. The fourth-order valence-electron chi connectivity index (χ4n) is 1.80. The number of unbranched alkanes of at least 4 members (excludes halogenated alkanes) is 1. The molecular weight excluding hydrogens is 264 g/mol. The molecule has 20 heavy (non-hydrogen) atoms. The fourth-order valence-corrected chi connectivity index (χ4v) is 1.80. The highest BCUT2D eigenvalue weighted by Crippen LogP contribution is 2.10. The topological polar surface area (TPSA) is 101 Å². The maximum absolute atomic E-state index is 12.9. The van der Waals surface area contributed by atoms with E-state index in [1.807, 2.05) is 6.07 Å². The van der Waals surface area contributed by atoms with Gasteiger partial charge in [-0.2, -0.15) is 9.59 Å². The Morgan fingerprint density at radius 1 is 1.30 bits per heavy atom. The molecule has 0 saturated heterocycles. The van der Waals surface area contributed by atoms with E-state index in [-0.39, 0.29) is 18.0 Å². The lowest BCUT2D eigenvalue weighted by Gasteiger charge is -2.11. The second-order valence-corrected chi connectivity index (χ2v) is 4.44. The van der Waals surface area contributed by atoms with Crippen LogP contribution < -0.4 is 5.73 Å². The molecule has 0 bridgehead atoms. The molecule has 5 nitrogen and oxygen atoms in total. The minimum Gasteiger partial charge on any atom is -0.427 e. The standard InChI is InChI=1S/C12H19BFNO2.CO2/c14-11-5-3-4-10(8-11)9-12(15)6-1-2-7-13(16)17;2-1-3/h3-5,8,12,16-17H,1-2,6-7,9,15H2;. The third kappa shape index (κ3) is 10.4. The van der Waals surface area contributed by atoms with Gasteiger partial charge in [0, 0.05) is 6.04 Å². The maximum atomic E-state index is 12.9. The van der Waals surface area contributed by atoms with Crippen molar-refractivity contribution in [2.45, 2.75) is 38.0 Å². The van der Waals surface area contributed by atoms with Gasteiger partial charge in [0.15, 0.2) is 0 Å². The van der Waals surface area contributed by atoms with Crippen LogP contribution in [0.4, 0.5) is 4.39 Å². The van der Waals surface area contributed by atoms with E-state index in [4.69, 9.17) is 25.4 Å². The largest absolute Gasteiger partial charge is 0.451 e. The average Bonchev–Trinajstić information content (AvgIpc) is 2.35. The highest BCUT2D eigenvalue weighted by Gasteiger charge is 2.08. The third-order valence-electron chi connectivity index (χ3n) is 2.67. The van der Waals surface area contributed by atoms with E-state index in [9.17, 15) is 4.39 Å². The molecule has 1 aromatic carbocycles. The van der Waals surface area contributed by atoms with Gasteiger partial charge in [0.05, 0.1) is 0 Å². The second kappa shape index (κ2) is 11.3. The summed E-state index contributed by atoms with van der Waals surface area (Å²) in [7, 11) is -1.23. The molecule has 110 valence electrons. The molecule has 0 amide bonds. The summed E-state index contributed by atoms with van der Waals surface area (Å²) >= 11 is 0. The van der Waals surface area contributed by atoms with Gasteiger partial charge in [-0.15, -0.1) is 0 Å². The lowest BCUT2D eigenvalue weighted by molar-refractivity contribution is -0.191. The zero-order valence-corrected chi connectivity index (χ0v) is 11.2. The van der Waals surface area contributed by atoms with Gasteiger partial charge >= 0.3 is 13.3 Å². The van der Waals surface area contributed by atoms with E-state index in [2.05, 4.69) is 0 Å². The Balaban J connectivity index is 0.00000110. The zero-order valence-electron chi connectivity index (χ0n) is 11.2. The second-order valence-electron chi connectivity index (χ2n) is 4.44. The molecule has 0 aliphatic carbocycles. The molecule has 1 atom stereocenters. The van der Waals surface area contributed by atoms with Crippen LogP contribution in [0.1, 0.15) is 24.8 Å². The van der Waals surface area contributed by atoms with Crippen molar-refractivity contribution in [2.75, 3.05) is 0 Å². The Bertz CT molecular complexity index is 411. The molecule has 0 spiro atoms. The molecule has 0 aliphatic heterocycles. The third-order valence-corrected chi connectivity index (χ3v) is 2.67. The van der Waals surface area contributed by atoms with Crippen LogP contribution in [0.5, 0.6) is 0 Å². The van der Waals surface area contributed by atoms with Crippen LogP contribution >= 0.6 is 0 Å². The fraction of sp³-hybridized carbons (Fsp3) is 0.462. The number of carbonyl (C=O) groups excluding carboxylic acids is 2. The van der Waals surface area contributed by atoms with Crippen molar-refractivity contribution in [1.29, 1.82) is 0 Å². The van der Waals surface area contributed by atoms with E-state index < -0.39 is 7.12 Å². The van der Waals surface area contributed by atoms with Gasteiger partial charge in [-0.1, -0.05) is 25.0 Å². The van der Waals surface area contributed by atoms with Gasteiger partial charge in [-0.25, -0.2) is 4.39 Å². The highest BCUT2D eigenvalue weighted by molar-refractivity contribution is 6.40. The van der Waals surface area contributed by atoms with Crippen molar-refractivity contribution in [3.8, 4) is 0 Å². The Morgan fingerprint density at radius 2 is 1.95 bits per heavy atom. The van der Waals surface area contributed by atoms with Crippen LogP contribution in [0.3, 0.4) is 0 Å². The summed E-state index contributed by atoms with van der Waals surface area (Å²) in [5, 5.41) is 17.3. The summed E-state index contributed by atoms with van der Waals surface area (Å²) in [6, 6.07) is 6.45. The first-order valence-electron chi connectivity index (χ1n) is 6.35. The van der Waals surface area contributed by atoms with Gasteiger partial charge in [0.1, 0.15) is 5.82 Å². The predicted molar refractivity (Wildman–Crippen MR) is 71.9 cm³/mol. The maximum Gasteiger partial charge on any atom is 0.451 e. The van der Waals surface area contributed by atoms with Gasteiger partial charge in [-0.3, -0.25) is 0 Å². The number of hydrogen-bond acceptors (Lipinski definition) is 5. The summed E-state index contributed by atoms with van der Waals surface area (Å²) in [6.45, 7) is 0. The van der Waals surface area contributed by atoms with Crippen LogP contribution in [0.15, 0.2) is 24.3 Å². The quantitative estimate of drug-likeness (QED) is 0.506. The van der Waals surface area contributed by atoms with Crippen molar-refractivity contribution in [3.05, 3.63) is 35.6 Å². The molecule has 0 saturated carbocycles. The summed E-state index contributed by atoms with van der Waals surface area (Å²) in [4.78, 5) is 16.2. The molecule has 1 aromatic rings. The van der Waals surface area contributed by atoms with Crippen LogP contribution in [-0.2, 0) is 16.0 Å². The summed E-state index contributed by atoms with van der Waals surface area (Å²) in [5.41, 5.74) is 6.83. The normalized spacial score (nSPS) is 11.0. The Hall–Kier alpha value is -1.53. The smallest absolute Gasteiger partial charge is 0.427 e. The van der Waals surface area contributed by atoms with E-state index in [1.165, 1.54) is 12.1 Å². The summed E-state index contributed by atoms with van der Waals surface area (Å²) in [5.74, 6) is -0.238. The number of benzene rings is 1. The van der Waals surface area contributed by atoms with Gasteiger partial charge in [0.2, 0.25) is 0 Å². The minimum absolute atomic E-state index is 0.00682. The van der Waals surface area contributed by atoms with E-state index in [1.54, 1.807) is 6.07 Å². The lowest BCUT2D eigenvalue weighted by Crippen LogP contribution is -2.22. The van der Waals surface area contributed by atoms with Crippen molar-refractivity contribution >= 4 is 13.3 Å². The Labute approximate surface area is 117 Å². The average molecular weight is 283 g/mol. The van der Waals surface area contributed by atoms with E-state index in [0.717, 1.165) is 24.8 Å². The number of halogens is 1. The van der Waals surface area contributed by atoms with Crippen LogP contribution in [0.2, 0.25) is 6.32 Å². The van der Waals surface area contributed by atoms with E-state index >= 15 is 0 Å². The minimum atomic E-state index is -1.23. The molecule has 4 N–H and O–H groups in total. The molecule has 0 aliphatic rings. The number of rotatable bonds is 7. The number of hydrogen-bond donors (Lipinski definition) is 3. The highest BCUT2D eigenvalue weighted by atomic mass is 19.1. The SMILES string of the molecule is NC(CCCCB(O)O)Cc1cccc(F)c1.O=C=O. The number of nitrogens with two attached hydrogens (primary N) is 1. The molecule has 0 fully saturated rings. The molecule has 1 unspecified atom stereocenters. The van der Waals surface area contributed by atoms with Gasteiger partial charge < -0.3 is 15.8 Å². The van der Waals surface area contributed by atoms with Crippen molar-refractivity contribution < 1.29 is 24.0 Å². The van der Waals surface area contributed by atoms with Crippen LogP contribution in [0, 0.1) is 5.82 Å². The first kappa shape index (κ1) is 18.5. The van der Waals surface area contributed by atoms with Crippen molar-refractivity contribution in [2.24, 2.45) is 5.73 Å². The van der Waals surface area contributed by atoms with E-state index in [0.29, 0.717) is 12.7 Å². The van der Waals surface area contributed by atoms with Gasteiger partial charge in [-0.05, 0) is 36.9 Å².